The first-order chi connectivity index (χ1) is 6.09. The van der Waals surface area contributed by atoms with Crippen LogP contribution in [0, 0.1) is 0 Å². The van der Waals surface area contributed by atoms with Gasteiger partial charge < -0.3 is 14.4 Å². The number of carbonyl (C=O) groups is 2. The molecule has 2 bridgehead atoms. The van der Waals surface area contributed by atoms with E-state index in [1.807, 2.05) is 0 Å². The van der Waals surface area contributed by atoms with E-state index < -0.39 is 23.7 Å². The third-order valence-electron chi connectivity index (χ3n) is 2.14. The Kier molecular flexibility index (Phi) is 2.02. The second-order valence-electron chi connectivity index (χ2n) is 3.07. The molecule has 2 fully saturated rings. The molecule has 0 radical (unpaired) electrons. The van der Waals surface area contributed by atoms with Crippen molar-refractivity contribution in [3.05, 3.63) is 0 Å². The molecule has 13 heavy (non-hydrogen) atoms. The summed E-state index contributed by atoms with van der Waals surface area (Å²) in [6.07, 6.45) is -2.31. The van der Waals surface area contributed by atoms with Crippen molar-refractivity contribution in [3.63, 3.8) is 0 Å². The quantitative estimate of drug-likeness (QED) is 0.533. The summed E-state index contributed by atoms with van der Waals surface area (Å²) in [4.78, 5) is 23.7. The zero-order valence-electron chi connectivity index (χ0n) is 6.90. The number of likely N-dealkylation sites (N-methyl/N-ethyl adjacent to an activating group) is 1. The largest absolute Gasteiger partial charge is 0.338 e. The molecule has 0 aromatic heterocycles. The maximum absolute atomic E-state index is 11.4. The Morgan fingerprint density at radius 3 is 2.92 bits per heavy atom. The van der Waals surface area contributed by atoms with Crippen LogP contribution in [0.3, 0.4) is 0 Å². The molecule has 2 aliphatic heterocycles. The number of fused-ring (bicyclic) bond motifs is 2. The van der Waals surface area contributed by atoms with Crippen LogP contribution in [0.4, 0.5) is 0 Å². The molecule has 0 aromatic rings. The molecule has 2 aliphatic rings. The van der Waals surface area contributed by atoms with Crippen LogP contribution in [0.5, 0.6) is 0 Å². The summed E-state index contributed by atoms with van der Waals surface area (Å²) in [6.45, 7) is 0.343. The summed E-state index contributed by atoms with van der Waals surface area (Å²) in [7, 11) is 1.63. The van der Waals surface area contributed by atoms with E-state index in [4.69, 9.17) is 21.1 Å². The standard InChI is InChI=1S/C7H8ClNO4/c1-9-2-3-12-4(6(8)10)5(13-3)7(9)11/h3-5H,2H2,1H3/t3-,4-,5-/m1/s1. The molecule has 6 heteroatoms. The highest BCUT2D eigenvalue weighted by Gasteiger charge is 2.49. The zero-order chi connectivity index (χ0) is 9.59. The Morgan fingerprint density at radius 2 is 2.31 bits per heavy atom. The monoisotopic (exact) mass is 205 g/mol. The van der Waals surface area contributed by atoms with E-state index in [0.29, 0.717) is 6.54 Å². The fourth-order valence-electron chi connectivity index (χ4n) is 1.48. The molecule has 2 saturated heterocycles. The van der Waals surface area contributed by atoms with Gasteiger partial charge in [-0.3, -0.25) is 9.59 Å². The van der Waals surface area contributed by atoms with E-state index in [2.05, 4.69) is 0 Å². The summed E-state index contributed by atoms with van der Waals surface area (Å²) in [5, 5.41) is -0.684. The van der Waals surface area contributed by atoms with Crippen molar-refractivity contribution in [1.82, 2.24) is 4.90 Å². The molecular formula is C7H8ClNO4. The number of rotatable bonds is 1. The highest BCUT2D eigenvalue weighted by atomic mass is 35.5. The van der Waals surface area contributed by atoms with Gasteiger partial charge in [-0.05, 0) is 11.6 Å². The van der Waals surface area contributed by atoms with Gasteiger partial charge in [-0.1, -0.05) is 0 Å². The minimum absolute atomic E-state index is 0.257. The van der Waals surface area contributed by atoms with Crippen LogP contribution < -0.4 is 0 Å². The van der Waals surface area contributed by atoms with Gasteiger partial charge >= 0.3 is 0 Å². The van der Waals surface area contributed by atoms with Gasteiger partial charge in [0.1, 0.15) is 0 Å². The fourth-order valence-corrected chi connectivity index (χ4v) is 1.64. The first-order valence-corrected chi connectivity index (χ1v) is 4.22. The van der Waals surface area contributed by atoms with Gasteiger partial charge in [0.25, 0.3) is 11.1 Å². The number of amides is 1. The summed E-state index contributed by atoms with van der Waals surface area (Å²) < 4.78 is 10.3. The van der Waals surface area contributed by atoms with E-state index in [-0.39, 0.29) is 5.91 Å². The Hall–Kier alpha value is -0.650. The second-order valence-corrected chi connectivity index (χ2v) is 3.44. The molecule has 5 nitrogen and oxygen atoms in total. The Bertz CT molecular complexity index is 269. The van der Waals surface area contributed by atoms with E-state index in [1.165, 1.54) is 4.90 Å². The van der Waals surface area contributed by atoms with Crippen LogP contribution >= 0.6 is 11.6 Å². The van der Waals surface area contributed by atoms with Gasteiger partial charge in [-0.15, -0.1) is 0 Å². The predicted octanol–water partition coefficient (Wildman–Crippen LogP) is -0.666. The van der Waals surface area contributed by atoms with Crippen molar-refractivity contribution in [3.8, 4) is 0 Å². The second kappa shape index (κ2) is 2.94. The van der Waals surface area contributed by atoms with Crippen molar-refractivity contribution in [2.75, 3.05) is 13.6 Å². The van der Waals surface area contributed by atoms with E-state index in [9.17, 15) is 9.59 Å². The maximum atomic E-state index is 11.4. The van der Waals surface area contributed by atoms with Crippen molar-refractivity contribution >= 4 is 22.8 Å². The normalized spacial score (nSPS) is 38.2. The average Bonchev–Trinajstić information content (AvgIpc) is 2.41. The first kappa shape index (κ1) is 8.93. The number of ether oxygens (including phenoxy) is 2. The van der Waals surface area contributed by atoms with Crippen molar-refractivity contribution in [1.29, 1.82) is 0 Å². The molecule has 0 unspecified atom stereocenters. The third-order valence-corrected chi connectivity index (χ3v) is 2.35. The van der Waals surface area contributed by atoms with Crippen LogP contribution in [0.2, 0.25) is 0 Å². The minimum atomic E-state index is -0.941. The van der Waals surface area contributed by atoms with Gasteiger partial charge in [0, 0.05) is 7.05 Å². The van der Waals surface area contributed by atoms with Gasteiger partial charge in [-0.25, -0.2) is 0 Å². The molecule has 72 valence electrons. The highest BCUT2D eigenvalue weighted by Crippen LogP contribution is 2.27. The average molecular weight is 206 g/mol. The SMILES string of the molecule is CN1C[C@@H]2O[C@@H](C(=O)Cl)[C@@H](O2)C1=O. The molecule has 1 amide bonds. The molecule has 2 heterocycles. The van der Waals surface area contributed by atoms with E-state index >= 15 is 0 Å². The lowest BCUT2D eigenvalue weighted by Gasteiger charge is -2.26. The first-order valence-electron chi connectivity index (χ1n) is 3.85. The number of morpholine rings is 1. The molecule has 0 spiro atoms. The van der Waals surface area contributed by atoms with Crippen LogP contribution in [-0.2, 0) is 19.1 Å². The predicted molar refractivity (Wildman–Crippen MR) is 42.0 cm³/mol. The van der Waals surface area contributed by atoms with E-state index in [1.54, 1.807) is 7.05 Å². The van der Waals surface area contributed by atoms with Gasteiger partial charge in [0.15, 0.2) is 18.5 Å². The van der Waals surface area contributed by atoms with Crippen molar-refractivity contribution in [2.45, 2.75) is 18.5 Å². The van der Waals surface area contributed by atoms with Crippen molar-refractivity contribution < 1.29 is 19.1 Å². The van der Waals surface area contributed by atoms with Crippen LogP contribution in [0.15, 0.2) is 0 Å². The summed E-state index contributed by atoms with van der Waals surface area (Å²) in [6, 6.07) is 0. The lowest BCUT2D eigenvalue weighted by atomic mass is 10.2. The smallest absolute Gasteiger partial charge is 0.255 e. The molecule has 0 aliphatic carbocycles. The summed E-state index contributed by atoms with van der Waals surface area (Å²) in [5.74, 6) is -0.257. The molecule has 0 saturated carbocycles. The summed E-state index contributed by atoms with van der Waals surface area (Å²) >= 11 is 5.25. The molecule has 0 aromatic carbocycles. The summed E-state index contributed by atoms with van der Waals surface area (Å²) in [5.41, 5.74) is 0. The third kappa shape index (κ3) is 1.33. The number of nitrogens with zero attached hydrogens (tertiary/aromatic N) is 1. The minimum Gasteiger partial charge on any atom is -0.338 e. The lowest BCUT2D eigenvalue weighted by molar-refractivity contribution is -0.159. The molecule has 2 rings (SSSR count). The lowest BCUT2D eigenvalue weighted by Crippen LogP contribution is -2.47. The molecular weight excluding hydrogens is 198 g/mol. The fraction of sp³-hybridized carbons (Fsp3) is 0.714. The van der Waals surface area contributed by atoms with Crippen LogP contribution in [-0.4, -0.2) is 48.1 Å². The van der Waals surface area contributed by atoms with Crippen LogP contribution in [0.1, 0.15) is 0 Å². The zero-order valence-corrected chi connectivity index (χ0v) is 7.65. The Balaban J connectivity index is 2.22. The van der Waals surface area contributed by atoms with Gasteiger partial charge in [0.2, 0.25) is 0 Å². The topological polar surface area (TPSA) is 55.8 Å². The number of hydrogen-bond donors (Lipinski definition) is 0. The number of halogens is 1. The van der Waals surface area contributed by atoms with Crippen molar-refractivity contribution in [2.24, 2.45) is 0 Å². The Labute approximate surface area is 79.5 Å². The number of carbonyl (C=O) groups excluding carboxylic acids is 2. The molecule has 0 N–H and O–H groups in total. The van der Waals surface area contributed by atoms with Crippen LogP contribution in [0.25, 0.3) is 0 Å². The maximum Gasteiger partial charge on any atom is 0.255 e. The Morgan fingerprint density at radius 1 is 1.62 bits per heavy atom. The number of hydrogen-bond acceptors (Lipinski definition) is 4. The highest BCUT2D eigenvalue weighted by molar-refractivity contribution is 6.64. The molecule has 3 atom stereocenters. The van der Waals surface area contributed by atoms with Gasteiger partial charge in [-0.2, -0.15) is 0 Å². The van der Waals surface area contributed by atoms with E-state index in [0.717, 1.165) is 0 Å². The van der Waals surface area contributed by atoms with Gasteiger partial charge in [0.05, 0.1) is 6.54 Å².